The van der Waals surface area contributed by atoms with Gasteiger partial charge in [-0.2, -0.15) is 0 Å². The summed E-state index contributed by atoms with van der Waals surface area (Å²) in [5.41, 5.74) is 2.53. The molecular formula is C23H25N3O3. The Hall–Kier alpha value is -3.15. The summed E-state index contributed by atoms with van der Waals surface area (Å²) in [7, 11) is 0. The minimum Gasteiger partial charge on any atom is -0.356 e. The van der Waals surface area contributed by atoms with Gasteiger partial charge in [0.1, 0.15) is 6.17 Å². The molecule has 0 radical (unpaired) electrons. The average Bonchev–Trinajstić information content (AvgIpc) is 3.01. The van der Waals surface area contributed by atoms with Gasteiger partial charge in [0.2, 0.25) is 5.91 Å². The lowest BCUT2D eigenvalue weighted by Crippen LogP contribution is -2.49. The van der Waals surface area contributed by atoms with E-state index in [-0.39, 0.29) is 30.7 Å². The van der Waals surface area contributed by atoms with Crippen LogP contribution in [0.4, 0.5) is 5.69 Å². The molecule has 0 spiro atoms. The predicted octanol–water partition coefficient (Wildman–Crippen LogP) is 3.35. The molecule has 1 N–H and O–H groups in total. The summed E-state index contributed by atoms with van der Waals surface area (Å²) >= 11 is 0. The first-order valence-electron chi connectivity index (χ1n) is 10.1. The molecule has 0 saturated heterocycles. The van der Waals surface area contributed by atoms with Crippen LogP contribution in [0.3, 0.4) is 0 Å². The molecule has 0 unspecified atom stereocenters. The number of rotatable bonds is 6. The van der Waals surface area contributed by atoms with E-state index >= 15 is 0 Å². The van der Waals surface area contributed by atoms with Crippen molar-refractivity contribution in [1.29, 1.82) is 0 Å². The molecule has 0 bridgehead atoms. The van der Waals surface area contributed by atoms with Crippen LogP contribution < -0.4 is 10.2 Å². The molecule has 4 rings (SSSR count). The van der Waals surface area contributed by atoms with E-state index < -0.39 is 6.17 Å². The van der Waals surface area contributed by atoms with Crippen molar-refractivity contribution < 1.29 is 14.4 Å². The summed E-state index contributed by atoms with van der Waals surface area (Å²) in [6, 6.07) is 14.5. The monoisotopic (exact) mass is 391 g/mol. The van der Waals surface area contributed by atoms with E-state index in [4.69, 9.17) is 0 Å². The van der Waals surface area contributed by atoms with Crippen molar-refractivity contribution >= 4 is 23.4 Å². The molecule has 6 heteroatoms. The van der Waals surface area contributed by atoms with Crippen molar-refractivity contribution in [3.8, 4) is 0 Å². The largest absolute Gasteiger partial charge is 0.356 e. The standard InChI is InChI=1S/C23H25N3O3/c1-15(2)11-13-24-20(27)12-14-25-21-16-7-3-4-8-17(16)23(29)26(21)19-10-6-5-9-18(19)22(25)28/h3-10,15,21H,11-14H2,1-2H3,(H,24,27)/t21-/m0/s1. The van der Waals surface area contributed by atoms with E-state index in [9.17, 15) is 14.4 Å². The lowest BCUT2D eigenvalue weighted by atomic mass is 10.0. The molecule has 2 heterocycles. The SMILES string of the molecule is CC(C)CCNC(=O)CCN1C(=O)c2ccccc2N2C(=O)c3ccccc3[C@@H]12. The zero-order chi connectivity index (χ0) is 20.5. The second-order valence-electron chi connectivity index (χ2n) is 7.93. The van der Waals surface area contributed by atoms with Crippen molar-refractivity contribution in [3.63, 3.8) is 0 Å². The molecule has 29 heavy (non-hydrogen) atoms. The van der Waals surface area contributed by atoms with E-state index in [1.54, 1.807) is 34.1 Å². The Bertz CT molecular complexity index is 969. The van der Waals surface area contributed by atoms with Crippen molar-refractivity contribution in [1.82, 2.24) is 10.2 Å². The molecule has 3 amide bonds. The van der Waals surface area contributed by atoms with Crippen LogP contribution in [-0.2, 0) is 4.79 Å². The second-order valence-corrected chi connectivity index (χ2v) is 7.93. The summed E-state index contributed by atoms with van der Waals surface area (Å²) in [4.78, 5) is 42.0. The number of nitrogens with zero attached hydrogens (tertiary/aromatic N) is 2. The molecule has 0 aromatic heterocycles. The number of carbonyl (C=O) groups excluding carboxylic acids is 3. The molecule has 0 aliphatic carbocycles. The number of benzene rings is 2. The van der Waals surface area contributed by atoms with Crippen LogP contribution >= 0.6 is 0 Å². The van der Waals surface area contributed by atoms with Gasteiger partial charge in [0.15, 0.2) is 0 Å². The maximum absolute atomic E-state index is 13.2. The van der Waals surface area contributed by atoms with Crippen LogP contribution in [0, 0.1) is 5.92 Å². The van der Waals surface area contributed by atoms with E-state index in [0.29, 0.717) is 29.3 Å². The van der Waals surface area contributed by atoms with Crippen molar-refractivity contribution in [3.05, 3.63) is 65.2 Å². The Morgan fingerprint density at radius 2 is 1.69 bits per heavy atom. The minimum atomic E-state index is -0.510. The highest BCUT2D eigenvalue weighted by Crippen LogP contribution is 2.45. The fourth-order valence-electron chi connectivity index (χ4n) is 4.01. The molecule has 0 saturated carbocycles. The summed E-state index contributed by atoms with van der Waals surface area (Å²) in [6.07, 6.45) is 0.608. The van der Waals surface area contributed by atoms with E-state index in [0.717, 1.165) is 12.0 Å². The molecule has 1 atom stereocenters. The first-order chi connectivity index (χ1) is 14.0. The number of hydrogen-bond donors (Lipinski definition) is 1. The molecule has 6 nitrogen and oxygen atoms in total. The Labute approximate surface area is 170 Å². The van der Waals surface area contributed by atoms with Gasteiger partial charge in [-0.3, -0.25) is 19.3 Å². The fourth-order valence-corrected chi connectivity index (χ4v) is 4.01. The summed E-state index contributed by atoms with van der Waals surface area (Å²) in [5, 5.41) is 2.92. The van der Waals surface area contributed by atoms with Crippen LogP contribution in [-0.4, -0.2) is 35.7 Å². The number of hydrogen-bond acceptors (Lipinski definition) is 3. The van der Waals surface area contributed by atoms with E-state index in [1.807, 2.05) is 24.3 Å². The highest BCUT2D eigenvalue weighted by atomic mass is 16.2. The average molecular weight is 391 g/mol. The number of anilines is 1. The van der Waals surface area contributed by atoms with Gasteiger partial charge in [-0.25, -0.2) is 0 Å². The molecule has 150 valence electrons. The third-order valence-electron chi connectivity index (χ3n) is 5.51. The van der Waals surface area contributed by atoms with Crippen LogP contribution in [0.15, 0.2) is 48.5 Å². The Kier molecular flexibility index (Phi) is 5.09. The van der Waals surface area contributed by atoms with Crippen LogP contribution in [0.2, 0.25) is 0 Å². The topological polar surface area (TPSA) is 69.7 Å². The summed E-state index contributed by atoms with van der Waals surface area (Å²) in [5.74, 6) is 0.171. The molecular weight excluding hydrogens is 366 g/mol. The van der Waals surface area contributed by atoms with Crippen molar-refractivity contribution in [2.24, 2.45) is 5.92 Å². The Morgan fingerprint density at radius 1 is 1.00 bits per heavy atom. The second kappa shape index (κ2) is 7.70. The van der Waals surface area contributed by atoms with Gasteiger partial charge in [0.25, 0.3) is 11.8 Å². The lowest BCUT2D eigenvalue weighted by molar-refractivity contribution is -0.121. The van der Waals surface area contributed by atoms with Crippen molar-refractivity contribution in [2.45, 2.75) is 32.9 Å². The molecule has 2 aromatic rings. The van der Waals surface area contributed by atoms with Gasteiger partial charge < -0.3 is 10.2 Å². The van der Waals surface area contributed by atoms with Gasteiger partial charge in [0, 0.05) is 30.6 Å². The first-order valence-corrected chi connectivity index (χ1v) is 10.1. The number of amides is 3. The summed E-state index contributed by atoms with van der Waals surface area (Å²) in [6.45, 7) is 5.10. The van der Waals surface area contributed by atoms with Gasteiger partial charge in [-0.1, -0.05) is 44.2 Å². The third-order valence-corrected chi connectivity index (χ3v) is 5.51. The molecule has 0 fully saturated rings. The van der Waals surface area contributed by atoms with Gasteiger partial charge in [0.05, 0.1) is 11.3 Å². The molecule has 2 aliphatic heterocycles. The lowest BCUT2D eigenvalue weighted by Gasteiger charge is -2.40. The quantitative estimate of drug-likeness (QED) is 0.821. The van der Waals surface area contributed by atoms with E-state index in [2.05, 4.69) is 19.2 Å². The zero-order valence-electron chi connectivity index (χ0n) is 16.7. The highest BCUT2D eigenvalue weighted by Gasteiger charge is 2.47. The molecule has 2 aliphatic rings. The van der Waals surface area contributed by atoms with Gasteiger partial charge >= 0.3 is 0 Å². The minimum absolute atomic E-state index is 0.0820. The van der Waals surface area contributed by atoms with Crippen LogP contribution in [0.5, 0.6) is 0 Å². The van der Waals surface area contributed by atoms with E-state index in [1.165, 1.54) is 0 Å². The number of nitrogens with one attached hydrogen (secondary N) is 1. The highest BCUT2D eigenvalue weighted by molar-refractivity contribution is 6.16. The van der Waals surface area contributed by atoms with Gasteiger partial charge in [-0.05, 0) is 30.5 Å². The third kappa shape index (κ3) is 3.39. The smallest absolute Gasteiger partial charge is 0.260 e. The number of carbonyl (C=O) groups is 3. The van der Waals surface area contributed by atoms with Crippen LogP contribution in [0.25, 0.3) is 0 Å². The normalized spacial score (nSPS) is 17.3. The zero-order valence-corrected chi connectivity index (χ0v) is 16.7. The maximum atomic E-state index is 13.2. The fraction of sp³-hybridized carbons (Fsp3) is 0.348. The first kappa shape index (κ1) is 19.2. The predicted molar refractivity (Wildman–Crippen MR) is 111 cm³/mol. The number of fused-ring (bicyclic) bond motifs is 5. The van der Waals surface area contributed by atoms with Gasteiger partial charge in [-0.15, -0.1) is 0 Å². The van der Waals surface area contributed by atoms with Crippen LogP contribution in [0.1, 0.15) is 59.1 Å². The van der Waals surface area contributed by atoms with Crippen molar-refractivity contribution in [2.75, 3.05) is 18.0 Å². The maximum Gasteiger partial charge on any atom is 0.260 e. The number of para-hydroxylation sites is 1. The Balaban J connectivity index is 1.61. The molecule has 2 aromatic carbocycles. The Morgan fingerprint density at radius 3 is 2.45 bits per heavy atom. The summed E-state index contributed by atoms with van der Waals surface area (Å²) < 4.78 is 0.